The molecule has 0 aliphatic rings. The highest BCUT2D eigenvalue weighted by atomic mass is 16.5. The number of nitrogens with two attached hydrogens (primary N) is 1. The Kier molecular flexibility index (Phi) is 4.97. The number of hydrogen-bond donors (Lipinski definition) is 2. The molecular formula is C13H21N3O. The summed E-state index contributed by atoms with van der Waals surface area (Å²) in [6.45, 7) is 6.28. The molecule has 4 heteroatoms. The first-order valence-corrected chi connectivity index (χ1v) is 5.80. The Hall–Kier alpha value is -1.55. The third-order valence-corrected chi connectivity index (χ3v) is 2.72. The summed E-state index contributed by atoms with van der Waals surface area (Å²) in [5.41, 5.74) is 8.43. The number of nitrogens with zero attached hydrogens (tertiary/aromatic N) is 1. The summed E-state index contributed by atoms with van der Waals surface area (Å²) in [5.74, 6) is 0.117. The van der Waals surface area contributed by atoms with Crippen LogP contribution in [-0.4, -0.2) is 32.6 Å². The van der Waals surface area contributed by atoms with Crippen molar-refractivity contribution in [2.75, 3.05) is 31.7 Å². The van der Waals surface area contributed by atoms with Crippen LogP contribution in [0, 0.1) is 12.3 Å². The van der Waals surface area contributed by atoms with Crippen molar-refractivity contribution in [3.05, 3.63) is 29.3 Å². The minimum atomic E-state index is 0.117. The lowest BCUT2D eigenvalue weighted by molar-refractivity contribution is 0.154. The molecule has 17 heavy (non-hydrogen) atoms. The second-order valence-corrected chi connectivity index (χ2v) is 4.03. The van der Waals surface area contributed by atoms with Gasteiger partial charge in [-0.05, 0) is 37.6 Å². The van der Waals surface area contributed by atoms with Crippen LogP contribution in [0.5, 0.6) is 0 Å². The van der Waals surface area contributed by atoms with E-state index >= 15 is 0 Å². The lowest BCUT2D eigenvalue weighted by Gasteiger charge is -2.20. The van der Waals surface area contributed by atoms with E-state index in [1.165, 1.54) is 0 Å². The molecule has 0 spiro atoms. The third-order valence-electron chi connectivity index (χ3n) is 2.72. The number of benzene rings is 1. The molecule has 1 aromatic carbocycles. The molecule has 0 heterocycles. The molecule has 0 atom stereocenters. The molecule has 0 radical (unpaired) electrons. The van der Waals surface area contributed by atoms with Crippen molar-refractivity contribution >= 4 is 11.5 Å². The second kappa shape index (κ2) is 6.25. The fourth-order valence-corrected chi connectivity index (χ4v) is 1.66. The number of likely N-dealkylation sites (N-methyl/N-ethyl adjacent to an activating group) is 1. The predicted octanol–water partition coefficient (Wildman–Crippen LogP) is 1.75. The monoisotopic (exact) mass is 235 g/mol. The molecule has 0 aromatic heterocycles. The first-order chi connectivity index (χ1) is 8.06. The maximum Gasteiger partial charge on any atom is 0.123 e. The van der Waals surface area contributed by atoms with Gasteiger partial charge in [-0.3, -0.25) is 5.41 Å². The lowest BCUT2D eigenvalue weighted by atomic mass is 10.1. The third kappa shape index (κ3) is 3.75. The summed E-state index contributed by atoms with van der Waals surface area (Å²) in [5, 5.41) is 7.43. The van der Waals surface area contributed by atoms with Crippen LogP contribution in [0.3, 0.4) is 0 Å². The number of nitrogen functional groups attached to an aromatic ring is 1. The van der Waals surface area contributed by atoms with E-state index in [9.17, 15) is 0 Å². The zero-order valence-corrected chi connectivity index (χ0v) is 10.8. The topological polar surface area (TPSA) is 62.3 Å². The average Bonchev–Trinajstić information content (AvgIpc) is 2.28. The van der Waals surface area contributed by atoms with Gasteiger partial charge in [-0.1, -0.05) is 0 Å². The molecule has 0 saturated carbocycles. The highest BCUT2D eigenvalue weighted by Crippen LogP contribution is 2.17. The molecule has 0 amide bonds. The van der Waals surface area contributed by atoms with Gasteiger partial charge in [0.15, 0.2) is 0 Å². The Morgan fingerprint density at radius 1 is 1.47 bits per heavy atom. The quantitative estimate of drug-likeness (QED) is 0.448. The summed E-state index contributed by atoms with van der Waals surface area (Å²) in [7, 11) is 2.03. The molecule has 0 bridgehead atoms. The average molecular weight is 235 g/mol. The summed E-state index contributed by atoms with van der Waals surface area (Å²) >= 11 is 0. The first kappa shape index (κ1) is 13.5. The maximum absolute atomic E-state index is 7.43. The highest BCUT2D eigenvalue weighted by molar-refractivity contribution is 5.96. The molecule has 0 aliphatic heterocycles. The van der Waals surface area contributed by atoms with E-state index in [-0.39, 0.29) is 5.84 Å². The molecular weight excluding hydrogens is 214 g/mol. The number of ether oxygens (including phenoxy) is 1. The van der Waals surface area contributed by atoms with Crippen molar-refractivity contribution in [1.29, 1.82) is 5.41 Å². The Bertz CT molecular complexity index is 390. The van der Waals surface area contributed by atoms with Gasteiger partial charge in [0.1, 0.15) is 5.84 Å². The largest absolute Gasteiger partial charge is 0.384 e. The van der Waals surface area contributed by atoms with Gasteiger partial charge in [0.2, 0.25) is 0 Å². The van der Waals surface area contributed by atoms with Crippen LogP contribution in [0.2, 0.25) is 0 Å². The fraction of sp³-hybridized carbons (Fsp3) is 0.462. The number of aryl methyl sites for hydroxylation is 1. The highest BCUT2D eigenvalue weighted by Gasteiger charge is 2.05. The van der Waals surface area contributed by atoms with Crippen molar-refractivity contribution in [2.24, 2.45) is 5.73 Å². The van der Waals surface area contributed by atoms with Gasteiger partial charge in [0.25, 0.3) is 0 Å². The summed E-state index contributed by atoms with van der Waals surface area (Å²) in [6.07, 6.45) is 0. The molecule has 0 saturated heterocycles. The van der Waals surface area contributed by atoms with Crippen LogP contribution >= 0.6 is 0 Å². The molecule has 94 valence electrons. The molecule has 3 N–H and O–H groups in total. The minimum absolute atomic E-state index is 0.117. The van der Waals surface area contributed by atoms with Gasteiger partial charge >= 0.3 is 0 Å². The predicted molar refractivity (Wildman–Crippen MR) is 72.0 cm³/mol. The number of rotatable bonds is 6. The van der Waals surface area contributed by atoms with Gasteiger partial charge in [-0.2, -0.15) is 0 Å². The summed E-state index contributed by atoms with van der Waals surface area (Å²) < 4.78 is 5.32. The van der Waals surface area contributed by atoms with E-state index in [2.05, 4.69) is 4.90 Å². The minimum Gasteiger partial charge on any atom is -0.384 e. The van der Waals surface area contributed by atoms with Crippen LogP contribution in [0.15, 0.2) is 18.2 Å². The Balaban J connectivity index is 2.72. The Morgan fingerprint density at radius 2 is 2.18 bits per heavy atom. The first-order valence-electron chi connectivity index (χ1n) is 5.80. The summed E-state index contributed by atoms with van der Waals surface area (Å²) in [6, 6.07) is 5.92. The van der Waals surface area contributed by atoms with Gasteiger partial charge < -0.3 is 15.4 Å². The van der Waals surface area contributed by atoms with Gasteiger partial charge in [-0.25, -0.2) is 0 Å². The van der Waals surface area contributed by atoms with Crippen molar-refractivity contribution < 1.29 is 4.74 Å². The van der Waals surface area contributed by atoms with Crippen molar-refractivity contribution in [3.63, 3.8) is 0 Å². The van der Waals surface area contributed by atoms with Crippen LogP contribution in [0.25, 0.3) is 0 Å². The van der Waals surface area contributed by atoms with E-state index < -0.39 is 0 Å². The van der Waals surface area contributed by atoms with Crippen LogP contribution < -0.4 is 10.6 Å². The van der Waals surface area contributed by atoms with E-state index in [1.54, 1.807) is 0 Å². The van der Waals surface area contributed by atoms with Gasteiger partial charge in [0, 0.05) is 31.5 Å². The lowest BCUT2D eigenvalue weighted by Crippen LogP contribution is -2.23. The maximum atomic E-state index is 7.43. The smallest absolute Gasteiger partial charge is 0.123 e. The molecule has 0 aliphatic carbocycles. The zero-order chi connectivity index (χ0) is 12.8. The number of nitrogens with one attached hydrogen (secondary N) is 1. The Labute approximate surface area is 103 Å². The molecule has 1 rings (SSSR count). The van der Waals surface area contributed by atoms with Crippen molar-refractivity contribution in [3.8, 4) is 0 Å². The number of anilines is 1. The van der Waals surface area contributed by atoms with E-state index in [1.807, 2.05) is 39.1 Å². The van der Waals surface area contributed by atoms with E-state index in [0.29, 0.717) is 0 Å². The normalized spacial score (nSPS) is 10.3. The Morgan fingerprint density at radius 3 is 2.71 bits per heavy atom. The van der Waals surface area contributed by atoms with Crippen LogP contribution in [0.1, 0.15) is 18.1 Å². The molecule has 0 fully saturated rings. The number of hydrogen-bond acceptors (Lipinski definition) is 3. The fourth-order valence-electron chi connectivity index (χ4n) is 1.66. The van der Waals surface area contributed by atoms with E-state index in [4.69, 9.17) is 15.9 Å². The van der Waals surface area contributed by atoms with Crippen LogP contribution in [0.4, 0.5) is 5.69 Å². The van der Waals surface area contributed by atoms with Crippen molar-refractivity contribution in [2.45, 2.75) is 13.8 Å². The van der Waals surface area contributed by atoms with Crippen LogP contribution in [-0.2, 0) is 4.74 Å². The van der Waals surface area contributed by atoms with Gasteiger partial charge in [0.05, 0.1) is 6.61 Å². The molecule has 4 nitrogen and oxygen atoms in total. The number of amidine groups is 1. The second-order valence-electron chi connectivity index (χ2n) is 4.03. The van der Waals surface area contributed by atoms with Crippen molar-refractivity contribution in [1.82, 2.24) is 0 Å². The SMILES string of the molecule is CCOCCN(C)c1ccc(C(=N)N)c(C)c1. The molecule has 0 unspecified atom stereocenters. The van der Waals surface area contributed by atoms with Gasteiger partial charge in [-0.15, -0.1) is 0 Å². The zero-order valence-electron chi connectivity index (χ0n) is 10.8. The van der Waals surface area contributed by atoms with E-state index in [0.717, 1.165) is 36.6 Å². The summed E-state index contributed by atoms with van der Waals surface area (Å²) in [4.78, 5) is 2.13. The standard InChI is InChI=1S/C13H21N3O/c1-4-17-8-7-16(3)11-5-6-12(13(14)15)10(2)9-11/h5-6,9H,4,7-8H2,1-3H3,(H3,14,15). The molecule has 1 aromatic rings.